The molecule has 0 spiro atoms. The zero-order chi connectivity index (χ0) is 23.7. The summed E-state index contributed by atoms with van der Waals surface area (Å²) < 4.78 is 11.0. The van der Waals surface area contributed by atoms with Gasteiger partial charge in [0.25, 0.3) is 0 Å². The van der Waals surface area contributed by atoms with E-state index in [1.165, 1.54) is 27.8 Å². The molecule has 0 saturated heterocycles. The van der Waals surface area contributed by atoms with E-state index in [9.17, 15) is 4.79 Å². The number of amides is 1. The molecule has 0 N–H and O–H groups in total. The van der Waals surface area contributed by atoms with Gasteiger partial charge in [0.05, 0.1) is 20.3 Å². The molecule has 34 heavy (non-hydrogen) atoms. The molecule has 3 aromatic carbocycles. The standard InChI is InChI=1S/C29H32N2O3/c1-20-8-4-5-10-23(20)17-31-18-24-11-7-6-9-21(24)14-26(31)29(32)30-13-12-22-15-27(33-2)28(34-3)16-25(22)19-30/h4-11,15-16,26H,12-14,17-19H2,1-3H3/t26-/m0/s1. The maximum atomic E-state index is 14.0. The van der Waals surface area contributed by atoms with E-state index >= 15 is 0 Å². The second kappa shape index (κ2) is 9.51. The molecule has 0 aliphatic carbocycles. The van der Waals surface area contributed by atoms with Gasteiger partial charge in [0.2, 0.25) is 5.91 Å². The summed E-state index contributed by atoms with van der Waals surface area (Å²) in [5, 5.41) is 0. The number of carbonyl (C=O) groups is 1. The van der Waals surface area contributed by atoms with Gasteiger partial charge < -0.3 is 14.4 Å². The number of benzene rings is 3. The van der Waals surface area contributed by atoms with E-state index in [-0.39, 0.29) is 11.9 Å². The van der Waals surface area contributed by atoms with Crippen molar-refractivity contribution < 1.29 is 14.3 Å². The Kier molecular flexibility index (Phi) is 6.29. The molecule has 1 atom stereocenters. The van der Waals surface area contributed by atoms with Crippen LogP contribution in [0.4, 0.5) is 0 Å². The molecule has 0 bridgehead atoms. The molecule has 0 radical (unpaired) electrons. The first-order chi connectivity index (χ1) is 16.6. The predicted octanol–water partition coefficient (Wildman–Crippen LogP) is 4.52. The highest BCUT2D eigenvalue weighted by atomic mass is 16.5. The van der Waals surface area contributed by atoms with Gasteiger partial charge in [0.1, 0.15) is 0 Å². The fourth-order valence-electron chi connectivity index (χ4n) is 5.28. The number of fused-ring (bicyclic) bond motifs is 2. The Hall–Kier alpha value is -3.31. The van der Waals surface area contributed by atoms with Gasteiger partial charge in [0, 0.05) is 26.2 Å². The number of hydrogen-bond donors (Lipinski definition) is 0. The van der Waals surface area contributed by atoms with Gasteiger partial charge in [-0.05, 0) is 65.3 Å². The van der Waals surface area contributed by atoms with Gasteiger partial charge in [-0.2, -0.15) is 0 Å². The van der Waals surface area contributed by atoms with Crippen molar-refractivity contribution in [1.29, 1.82) is 0 Å². The minimum absolute atomic E-state index is 0.170. The molecule has 0 unspecified atom stereocenters. The first-order valence-electron chi connectivity index (χ1n) is 11.9. The van der Waals surface area contributed by atoms with Crippen LogP contribution < -0.4 is 9.47 Å². The highest BCUT2D eigenvalue weighted by Gasteiger charge is 2.35. The summed E-state index contributed by atoms with van der Waals surface area (Å²) in [5.74, 6) is 1.67. The Morgan fingerprint density at radius 1 is 0.882 bits per heavy atom. The zero-order valence-electron chi connectivity index (χ0n) is 20.2. The van der Waals surface area contributed by atoms with Crippen LogP contribution in [0.2, 0.25) is 0 Å². The number of ether oxygens (including phenoxy) is 2. The number of carbonyl (C=O) groups excluding carboxylic acids is 1. The Morgan fingerprint density at radius 3 is 2.29 bits per heavy atom. The predicted molar refractivity (Wildman–Crippen MR) is 133 cm³/mol. The van der Waals surface area contributed by atoms with E-state index < -0.39 is 0 Å². The summed E-state index contributed by atoms with van der Waals surface area (Å²) in [4.78, 5) is 18.3. The van der Waals surface area contributed by atoms with Gasteiger partial charge in [-0.15, -0.1) is 0 Å². The first-order valence-corrected chi connectivity index (χ1v) is 11.9. The molecular weight excluding hydrogens is 424 g/mol. The molecule has 2 aliphatic heterocycles. The van der Waals surface area contributed by atoms with Crippen LogP contribution in [0.5, 0.6) is 11.5 Å². The minimum atomic E-state index is -0.170. The maximum Gasteiger partial charge on any atom is 0.240 e. The fourth-order valence-corrected chi connectivity index (χ4v) is 5.28. The van der Waals surface area contributed by atoms with Crippen molar-refractivity contribution in [1.82, 2.24) is 9.80 Å². The topological polar surface area (TPSA) is 42.0 Å². The van der Waals surface area contributed by atoms with Crippen LogP contribution in [0.15, 0.2) is 60.7 Å². The van der Waals surface area contributed by atoms with E-state index in [1.54, 1.807) is 14.2 Å². The molecule has 1 amide bonds. The Labute approximate surface area is 201 Å². The van der Waals surface area contributed by atoms with Gasteiger partial charge >= 0.3 is 0 Å². The lowest BCUT2D eigenvalue weighted by atomic mass is 9.91. The summed E-state index contributed by atoms with van der Waals surface area (Å²) in [6.45, 7) is 5.03. The smallest absolute Gasteiger partial charge is 0.240 e. The van der Waals surface area contributed by atoms with Crippen LogP contribution in [0.1, 0.15) is 33.4 Å². The van der Waals surface area contributed by atoms with Crippen LogP contribution in [0, 0.1) is 6.92 Å². The highest BCUT2D eigenvalue weighted by Crippen LogP contribution is 2.34. The van der Waals surface area contributed by atoms with Crippen molar-refractivity contribution in [3.63, 3.8) is 0 Å². The van der Waals surface area contributed by atoms with Crippen LogP contribution in [-0.4, -0.2) is 42.5 Å². The highest BCUT2D eigenvalue weighted by molar-refractivity contribution is 5.83. The molecule has 0 fully saturated rings. The molecule has 5 heteroatoms. The molecule has 176 valence electrons. The maximum absolute atomic E-state index is 14.0. The largest absolute Gasteiger partial charge is 0.493 e. The zero-order valence-corrected chi connectivity index (χ0v) is 20.2. The normalized spacial score (nSPS) is 17.6. The lowest BCUT2D eigenvalue weighted by Gasteiger charge is -2.40. The number of hydrogen-bond acceptors (Lipinski definition) is 4. The Bertz CT molecular complexity index is 1210. The van der Waals surface area contributed by atoms with Gasteiger partial charge in [-0.1, -0.05) is 48.5 Å². The Balaban J connectivity index is 1.42. The lowest BCUT2D eigenvalue weighted by molar-refractivity contribution is -0.139. The lowest BCUT2D eigenvalue weighted by Crippen LogP contribution is -2.52. The molecule has 0 saturated carbocycles. The average molecular weight is 457 g/mol. The van der Waals surface area contributed by atoms with E-state index in [0.29, 0.717) is 12.3 Å². The number of rotatable bonds is 5. The molecule has 3 aromatic rings. The molecule has 2 aliphatic rings. The monoisotopic (exact) mass is 456 g/mol. The van der Waals surface area contributed by atoms with Crippen molar-refractivity contribution in [2.45, 2.75) is 45.4 Å². The second-order valence-electron chi connectivity index (χ2n) is 9.31. The van der Waals surface area contributed by atoms with Crippen molar-refractivity contribution in [3.8, 4) is 11.5 Å². The first kappa shape index (κ1) is 22.5. The summed E-state index contributed by atoms with van der Waals surface area (Å²) >= 11 is 0. The van der Waals surface area contributed by atoms with E-state index in [2.05, 4.69) is 66.4 Å². The van der Waals surface area contributed by atoms with Crippen molar-refractivity contribution >= 4 is 5.91 Å². The number of aryl methyl sites for hydroxylation is 1. The fraction of sp³-hybridized carbons (Fsp3) is 0.345. The summed E-state index contributed by atoms with van der Waals surface area (Å²) in [7, 11) is 3.31. The van der Waals surface area contributed by atoms with E-state index in [0.717, 1.165) is 43.8 Å². The van der Waals surface area contributed by atoms with E-state index in [1.807, 2.05) is 11.0 Å². The van der Waals surface area contributed by atoms with Gasteiger partial charge in [-0.25, -0.2) is 0 Å². The number of methoxy groups -OCH3 is 2. The minimum Gasteiger partial charge on any atom is -0.493 e. The quantitative estimate of drug-likeness (QED) is 0.566. The van der Waals surface area contributed by atoms with Crippen molar-refractivity contribution in [3.05, 3.63) is 94.0 Å². The Morgan fingerprint density at radius 2 is 1.56 bits per heavy atom. The van der Waals surface area contributed by atoms with E-state index in [4.69, 9.17) is 9.47 Å². The SMILES string of the molecule is COc1cc2c(cc1OC)CN(C(=O)[C@@H]1Cc3ccccc3CN1Cc1ccccc1C)CC2. The second-order valence-corrected chi connectivity index (χ2v) is 9.31. The molecule has 2 heterocycles. The molecule has 5 rings (SSSR count). The summed E-state index contributed by atoms with van der Waals surface area (Å²) in [5.41, 5.74) is 7.51. The molecule has 0 aromatic heterocycles. The number of nitrogens with zero attached hydrogens (tertiary/aromatic N) is 2. The van der Waals surface area contributed by atoms with Crippen LogP contribution in [-0.2, 0) is 37.3 Å². The van der Waals surface area contributed by atoms with Gasteiger partial charge in [-0.3, -0.25) is 9.69 Å². The third kappa shape index (κ3) is 4.28. The molecular formula is C29H32N2O3. The third-order valence-corrected chi connectivity index (χ3v) is 7.30. The summed E-state index contributed by atoms with van der Waals surface area (Å²) in [6, 6.07) is 20.9. The average Bonchev–Trinajstić information content (AvgIpc) is 2.88. The van der Waals surface area contributed by atoms with Crippen molar-refractivity contribution in [2.24, 2.45) is 0 Å². The van der Waals surface area contributed by atoms with Gasteiger partial charge in [0.15, 0.2) is 11.5 Å². The summed E-state index contributed by atoms with van der Waals surface area (Å²) in [6.07, 6.45) is 1.57. The van der Waals surface area contributed by atoms with Crippen molar-refractivity contribution in [2.75, 3.05) is 20.8 Å². The van der Waals surface area contributed by atoms with Crippen LogP contribution in [0.3, 0.4) is 0 Å². The van der Waals surface area contributed by atoms with Crippen LogP contribution >= 0.6 is 0 Å². The molecule has 5 nitrogen and oxygen atoms in total. The third-order valence-electron chi connectivity index (χ3n) is 7.30. The van der Waals surface area contributed by atoms with Crippen LogP contribution in [0.25, 0.3) is 0 Å².